The van der Waals surface area contributed by atoms with Crippen LogP contribution < -0.4 is 0 Å². The number of thiophene rings is 1. The number of hydrogen-bond donors (Lipinski definition) is 0. The fourth-order valence-corrected chi connectivity index (χ4v) is 9.48. The highest BCUT2D eigenvalue weighted by Crippen LogP contribution is 2.42. The van der Waals surface area contributed by atoms with Crippen molar-refractivity contribution in [2.24, 2.45) is 0 Å². The molecule has 11 rings (SSSR count). The molecule has 0 bridgehead atoms. The van der Waals surface area contributed by atoms with Gasteiger partial charge in [-0.2, -0.15) is 0 Å². The number of hydrogen-bond acceptors (Lipinski definition) is 4. The maximum atomic E-state index is 5.26. The number of benzene rings is 8. The van der Waals surface area contributed by atoms with E-state index in [1.54, 1.807) is 0 Å². The Labute approximate surface area is 339 Å². The van der Waals surface area contributed by atoms with Gasteiger partial charge >= 0.3 is 0 Å². The lowest BCUT2D eigenvalue weighted by Gasteiger charge is -2.16. The number of fused-ring (bicyclic) bond motifs is 6. The predicted molar refractivity (Wildman–Crippen MR) is 244 cm³/mol. The van der Waals surface area contributed by atoms with Crippen LogP contribution in [0, 0.1) is 0 Å². The summed E-state index contributed by atoms with van der Waals surface area (Å²) >= 11 is 1.84. The zero-order chi connectivity index (χ0) is 38.6. The van der Waals surface area contributed by atoms with Crippen molar-refractivity contribution in [3.63, 3.8) is 0 Å². The van der Waals surface area contributed by atoms with E-state index < -0.39 is 0 Å². The van der Waals surface area contributed by atoms with Crippen molar-refractivity contribution in [3.05, 3.63) is 200 Å². The molecule has 0 aliphatic rings. The molecular formula is C53H34N4S. The molecule has 11 aromatic rings. The van der Waals surface area contributed by atoms with Crippen molar-refractivity contribution < 1.29 is 0 Å². The van der Waals surface area contributed by atoms with Crippen molar-refractivity contribution in [1.29, 1.82) is 0 Å². The maximum absolute atomic E-state index is 5.26. The van der Waals surface area contributed by atoms with Crippen LogP contribution in [0.15, 0.2) is 195 Å². The van der Waals surface area contributed by atoms with Gasteiger partial charge < -0.3 is 4.57 Å². The fraction of sp³-hybridized carbons (Fsp3) is 0. The number of aromatic nitrogens is 4. The van der Waals surface area contributed by atoms with Crippen LogP contribution in [-0.4, -0.2) is 19.5 Å². The second kappa shape index (κ2) is 13.9. The molecule has 0 saturated heterocycles. The summed E-state index contributed by atoms with van der Waals surface area (Å²) in [5, 5.41) is 4.93. The Morgan fingerprint density at radius 1 is 0.414 bits per heavy atom. The monoisotopic (exact) mass is 758 g/mol. The van der Waals surface area contributed by atoms with Gasteiger partial charge in [-0.05, 0) is 58.7 Å². The summed E-state index contributed by atoms with van der Waals surface area (Å²) in [6.07, 6.45) is 1.91. The van der Waals surface area contributed by atoms with Gasteiger partial charge in [0.25, 0.3) is 0 Å². The quantitative estimate of drug-likeness (QED) is 0.163. The molecule has 0 aliphatic heterocycles. The molecule has 8 aromatic carbocycles. The molecule has 272 valence electrons. The van der Waals surface area contributed by atoms with Crippen LogP contribution in [0.3, 0.4) is 0 Å². The van der Waals surface area contributed by atoms with Crippen LogP contribution in [0.5, 0.6) is 0 Å². The summed E-state index contributed by atoms with van der Waals surface area (Å²) in [7, 11) is 0. The zero-order valence-corrected chi connectivity index (χ0v) is 32.2. The first-order valence-electron chi connectivity index (χ1n) is 19.4. The van der Waals surface area contributed by atoms with E-state index in [9.17, 15) is 0 Å². The van der Waals surface area contributed by atoms with Gasteiger partial charge in [0.1, 0.15) is 0 Å². The normalized spacial score (nSPS) is 11.5. The molecule has 4 nitrogen and oxygen atoms in total. The molecular weight excluding hydrogens is 725 g/mol. The average Bonchev–Trinajstić information content (AvgIpc) is 3.85. The first kappa shape index (κ1) is 33.8. The van der Waals surface area contributed by atoms with Crippen molar-refractivity contribution in [2.75, 3.05) is 0 Å². The summed E-state index contributed by atoms with van der Waals surface area (Å²) < 4.78 is 4.94. The Kier molecular flexibility index (Phi) is 8.12. The minimum absolute atomic E-state index is 0.608. The summed E-state index contributed by atoms with van der Waals surface area (Å²) in [5.41, 5.74) is 11.7. The van der Waals surface area contributed by atoms with Gasteiger partial charge in [-0.1, -0.05) is 164 Å². The molecule has 0 spiro atoms. The first-order chi connectivity index (χ1) is 28.7. The van der Waals surface area contributed by atoms with Crippen LogP contribution in [-0.2, 0) is 0 Å². The maximum Gasteiger partial charge on any atom is 0.164 e. The van der Waals surface area contributed by atoms with E-state index in [-0.39, 0.29) is 0 Å². The lowest BCUT2D eigenvalue weighted by Crippen LogP contribution is -2.02. The largest absolute Gasteiger partial charge is 0.309 e. The molecule has 0 fully saturated rings. The molecule has 0 radical (unpaired) electrons. The van der Waals surface area contributed by atoms with Crippen LogP contribution in [0.4, 0.5) is 0 Å². The van der Waals surface area contributed by atoms with E-state index in [4.69, 9.17) is 15.0 Å². The molecule has 3 aromatic heterocycles. The van der Waals surface area contributed by atoms with Crippen LogP contribution in [0.2, 0.25) is 0 Å². The molecule has 5 heteroatoms. The van der Waals surface area contributed by atoms with Gasteiger partial charge in [0.15, 0.2) is 17.5 Å². The highest BCUT2D eigenvalue weighted by molar-refractivity contribution is 7.26. The van der Waals surface area contributed by atoms with E-state index in [1.165, 1.54) is 36.5 Å². The fourth-order valence-electron chi connectivity index (χ4n) is 8.25. The van der Waals surface area contributed by atoms with Crippen molar-refractivity contribution >= 4 is 59.4 Å². The topological polar surface area (TPSA) is 43.6 Å². The van der Waals surface area contributed by atoms with Crippen LogP contribution >= 0.6 is 11.3 Å². The summed E-state index contributed by atoms with van der Waals surface area (Å²) in [6.45, 7) is 4.05. The third-order valence-corrected chi connectivity index (χ3v) is 12.2. The Morgan fingerprint density at radius 3 is 1.81 bits per heavy atom. The van der Waals surface area contributed by atoms with E-state index >= 15 is 0 Å². The molecule has 58 heavy (non-hydrogen) atoms. The summed E-state index contributed by atoms with van der Waals surface area (Å²) in [4.78, 5) is 15.6. The van der Waals surface area contributed by atoms with Crippen LogP contribution in [0.1, 0.15) is 5.56 Å². The molecule has 0 amide bonds. The number of rotatable bonds is 7. The van der Waals surface area contributed by atoms with Gasteiger partial charge in [-0.25, -0.2) is 15.0 Å². The second-order valence-corrected chi connectivity index (χ2v) is 15.5. The Balaban J connectivity index is 1.12. The second-order valence-electron chi connectivity index (χ2n) is 14.5. The molecule has 0 unspecified atom stereocenters. The van der Waals surface area contributed by atoms with Gasteiger partial charge in [-0.3, -0.25) is 0 Å². The first-order valence-corrected chi connectivity index (χ1v) is 20.2. The SMILES string of the molecule is C=Cc1ccc2c(c1)c1ccccc1n2-c1cc(-c2nc(-c3ccccc3)nc(-c3cccc(-c4cccc5c4sc4ccccc45)c3)n2)ccc1-c1ccccc1. The third-order valence-electron chi connectivity index (χ3n) is 11.0. The lowest BCUT2D eigenvalue weighted by molar-refractivity contribution is 1.07. The van der Waals surface area contributed by atoms with Gasteiger partial charge in [0.2, 0.25) is 0 Å². The van der Waals surface area contributed by atoms with E-state index in [0.29, 0.717) is 17.5 Å². The van der Waals surface area contributed by atoms with Crippen molar-refractivity contribution in [1.82, 2.24) is 19.5 Å². The summed E-state index contributed by atoms with van der Waals surface area (Å²) in [6, 6.07) is 66.4. The van der Waals surface area contributed by atoms with Crippen molar-refractivity contribution in [2.45, 2.75) is 0 Å². The molecule has 3 heterocycles. The van der Waals surface area contributed by atoms with Gasteiger partial charge in [0, 0.05) is 53.2 Å². The molecule has 0 aliphatic carbocycles. The molecule has 0 atom stereocenters. The predicted octanol–water partition coefficient (Wildman–Crippen LogP) is 14.3. The lowest BCUT2D eigenvalue weighted by atomic mass is 10.00. The Hall–Kier alpha value is -7.47. The van der Waals surface area contributed by atoms with E-state index in [0.717, 1.165) is 55.7 Å². The van der Waals surface area contributed by atoms with Crippen LogP contribution in [0.25, 0.3) is 110 Å². The highest BCUT2D eigenvalue weighted by Gasteiger charge is 2.20. The highest BCUT2D eigenvalue weighted by atomic mass is 32.1. The zero-order valence-electron chi connectivity index (χ0n) is 31.4. The minimum atomic E-state index is 0.608. The standard InChI is InChI=1S/C53H34N4S/c1-2-34-27-30-47-45(31-34)42-21-9-11-25-46(42)57(47)48-33-39(28-29-40(48)35-15-5-3-6-16-35)53-55-51(36-17-7-4-8-18-36)54-52(56-53)38-20-13-19-37(32-38)41-23-14-24-44-43-22-10-12-26-49(43)58-50(41)44/h2-33H,1H2. The Morgan fingerprint density at radius 2 is 1.02 bits per heavy atom. The van der Waals surface area contributed by atoms with Crippen molar-refractivity contribution in [3.8, 4) is 62.1 Å². The van der Waals surface area contributed by atoms with Gasteiger partial charge in [-0.15, -0.1) is 11.3 Å². The average molecular weight is 759 g/mol. The third kappa shape index (κ3) is 5.71. The summed E-state index contributed by atoms with van der Waals surface area (Å²) in [5.74, 6) is 1.85. The number of nitrogens with zero attached hydrogens (tertiary/aromatic N) is 4. The smallest absolute Gasteiger partial charge is 0.164 e. The molecule has 0 saturated carbocycles. The van der Waals surface area contributed by atoms with E-state index in [1.807, 2.05) is 35.6 Å². The Bertz CT molecular complexity index is 3360. The van der Waals surface area contributed by atoms with E-state index in [2.05, 4.69) is 181 Å². The molecule has 0 N–H and O–H groups in total. The minimum Gasteiger partial charge on any atom is -0.309 e. The number of para-hydroxylation sites is 1. The van der Waals surface area contributed by atoms with Gasteiger partial charge in [0.05, 0.1) is 16.7 Å².